The van der Waals surface area contributed by atoms with Crippen LogP contribution in [0.1, 0.15) is 70.8 Å². The number of aromatic nitrogens is 2. The zero-order valence-electron chi connectivity index (χ0n) is 16.5. The maximum Gasteiger partial charge on any atom is 0.274 e. The molecule has 6 nitrogen and oxygen atoms in total. The van der Waals surface area contributed by atoms with E-state index in [9.17, 15) is 14.4 Å². The summed E-state index contributed by atoms with van der Waals surface area (Å²) in [5, 5.41) is 1.76. The van der Waals surface area contributed by atoms with E-state index < -0.39 is 0 Å². The first-order valence-corrected chi connectivity index (χ1v) is 9.84. The zero-order valence-corrected chi connectivity index (χ0v) is 16.5. The van der Waals surface area contributed by atoms with Gasteiger partial charge in [-0.3, -0.25) is 14.4 Å². The molecular formula is C21H29N3O3. The highest BCUT2D eigenvalue weighted by atomic mass is 16.2. The summed E-state index contributed by atoms with van der Waals surface area (Å²) in [6.45, 7) is 5.80. The Kier molecular flexibility index (Phi) is 7.70. The molecule has 0 saturated carbocycles. The van der Waals surface area contributed by atoms with Gasteiger partial charge in [0, 0.05) is 30.0 Å². The van der Waals surface area contributed by atoms with Gasteiger partial charge in [0.05, 0.1) is 0 Å². The first-order valence-electron chi connectivity index (χ1n) is 9.84. The van der Waals surface area contributed by atoms with Crippen molar-refractivity contribution in [3.8, 4) is 0 Å². The van der Waals surface area contributed by atoms with E-state index in [0.717, 1.165) is 36.1 Å². The van der Waals surface area contributed by atoms with Crippen molar-refractivity contribution < 1.29 is 9.59 Å². The number of amides is 2. The third kappa shape index (κ3) is 5.02. The number of hydrogen-bond donors (Lipinski definition) is 0. The van der Waals surface area contributed by atoms with E-state index in [1.165, 1.54) is 4.68 Å². The third-order valence-electron chi connectivity index (χ3n) is 4.58. The van der Waals surface area contributed by atoms with Crippen LogP contribution in [0.15, 0.2) is 29.2 Å². The van der Waals surface area contributed by atoms with Crippen LogP contribution in [0, 0.1) is 6.92 Å². The van der Waals surface area contributed by atoms with Gasteiger partial charge in [0.15, 0.2) is 5.65 Å². The molecule has 0 aliphatic heterocycles. The Balaban J connectivity index is 2.51. The van der Waals surface area contributed by atoms with E-state index in [-0.39, 0.29) is 30.2 Å². The first kappa shape index (κ1) is 20.8. The number of pyridine rings is 2. The number of unbranched alkanes of at least 4 members (excludes halogenated alkanes) is 4. The van der Waals surface area contributed by atoms with Crippen LogP contribution in [0.2, 0.25) is 0 Å². The highest BCUT2D eigenvalue weighted by Gasteiger charge is 2.26. The van der Waals surface area contributed by atoms with E-state index in [1.807, 2.05) is 6.07 Å². The molecule has 0 aromatic carbocycles. The molecule has 0 bridgehead atoms. The summed E-state index contributed by atoms with van der Waals surface area (Å²) >= 11 is 0. The minimum atomic E-state index is -0.381. The average Bonchev–Trinajstić information content (AvgIpc) is 2.65. The maximum absolute atomic E-state index is 12.9. The van der Waals surface area contributed by atoms with Gasteiger partial charge in [-0.05, 0) is 38.0 Å². The number of aryl methyl sites for hydroxylation is 1. The molecule has 2 aromatic rings. The topological polar surface area (TPSA) is 72.3 Å². The van der Waals surface area contributed by atoms with Gasteiger partial charge >= 0.3 is 0 Å². The molecular weight excluding hydrogens is 342 g/mol. The van der Waals surface area contributed by atoms with Crippen molar-refractivity contribution in [2.75, 3.05) is 5.01 Å². The Morgan fingerprint density at radius 3 is 2.19 bits per heavy atom. The summed E-state index contributed by atoms with van der Waals surface area (Å²) in [6.07, 6.45) is 7.20. The molecule has 2 rings (SSSR count). The van der Waals surface area contributed by atoms with Gasteiger partial charge in [0.25, 0.3) is 5.56 Å². The highest BCUT2D eigenvalue weighted by molar-refractivity contribution is 6.09. The predicted octanol–water partition coefficient (Wildman–Crippen LogP) is 3.86. The molecule has 0 saturated heterocycles. The normalized spacial score (nSPS) is 10.9. The molecule has 0 aliphatic carbocycles. The second-order valence-corrected chi connectivity index (χ2v) is 6.87. The standard InChI is InChI=1S/C21H29N3O3/c1-4-6-8-12-18(25)23(19(26)13-9-7-5-2)24-20-17(11-10-14-22-20)15-16(3)21(24)27/h10-11,14-15H,4-9,12-13H2,1-3H3. The lowest BCUT2D eigenvalue weighted by Crippen LogP contribution is -2.51. The number of fused-ring (bicyclic) bond motifs is 1. The van der Waals surface area contributed by atoms with Crippen LogP contribution in [0.5, 0.6) is 0 Å². The van der Waals surface area contributed by atoms with Gasteiger partial charge in [-0.15, -0.1) is 0 Å². The summed E-state index contributed by atoms with van der Waals surface area (Å²) in [5.41, 5.74) is 0.429. The Hall–Kier alpha value is -2.50. The van der Waals surface area contributed by atoms with Gasteiger partial charge in [0.1, 0.15) is 0 Å². The van der Waals surface area contributed by atoms with Gasteiger partial charge in [0.2, 0.25) is 11.8 Å². The summed E-state index contributed by atoms with van der Waals surface area (Å²) in [5.74, 6) is -0.686. The number of rotatable bonds is 9. The molecule has 27 heavy (non-hydrogen) atoms. The fourth-order valence-electron chi connectivity index (χ4n) is 3.07. The second kappa shape index (κ2) is 10.00. The van der Waals surface area contributed by atoms with Crippen molar-refractivity contribution in [3.63, 3.8) is 0 Å². The quantitative estimate of drug-likeness (QED) is 0.628. The monoisotopic (exact) mass is 371 g/mol. The summed E-state index contributed by atoms with van der Waals surface area (Å²) in [7, 11) is 0. The molecule has 2 heterocycles. The van der Waals surface area contributed by atoms with E-state index in [4.69, 9.17) is 0 Å². The van der Waals surface area contributed by atoms with Crippen LogP contribution in [0.4, 0.5) is 0 Å². The summed E-state index contributed by atoms with van der Waals surface area (Å²) in [6, 6.07) is 5.34. The lowest BCUT2D eigenvalue weighted by Gasteiger charge is -2.24. The van der Waals surface area contributed by atoms with Gasteiger partial charge in [-0.25, -0.2) is 4.98 Å². The molecule has 6 heteroatoms. The van der Waals surface area contributed by atoms with Gasteiger partial charge in [-0.2, -0.15) is 9.69 Å². The molecule has 0 atom stereocenters. The molecule has 0 radical (unpaired) electrons. The van der Waals surface area contributed by atoms with Crippen LogP contribution in [0.3, 0.4) is 0 Å². The van der Waals surface area contributed by atoms with Crippen LogP contribution >= 0.6 is 0 Å². The molecule has 0 aliphatic rings. The number of imide groups is 1. The molecule has 0 spiro atoms. The molecule has 2 amide bonds. The smallest absolute Gasteiger partial charge is 0.273 e. The molecule has 146 valence electrons. The van der Waals surface area contributed by atoms with Crippen LogP contribution < -0.4 is 10.6 Å². The van der Waals surface area contributed by atoms with E-state index in [0.29, 0.717) is 24.1 Å². The number of hydrogen-bond acceptors (Lipinski definition) is 4. The number of carbonyl (C=O) groups is 2. The van der Waals surface area contributed by atoms with Gasteiger partial charge in [-0.1, -0.05) is 39.5 Å². The van der Waals surface area contributed by atoms with E-state index >= 15 is 0 Å². The molecule has 0 unspecified atom stereocenters. The highest BCUT2D eigenvalue weighted by Crippen LogP contribution is 2.14. The number of nitrogens with zero attached hydrogens (tertiary/aromatic N) is 3. The summed E-state index contributed by atoms with van der Waals surface area (Å²) in [4.78, 5) is 43.0. The average molecular weight is 371 g/mol. The zero-order chi connectivity index (χ0) is 19.8. The SMILES string of the molecule is CCCCCC(=O)N(C(=O)CCCCC)n1c(=O)c(C)cc2cccnc21. The fourth-order valence-corrected chi connectivity index (χ4v) is 3.07. The van der Waals surface area contributed by atoms with Crippen molar-refractivity contribution >= 4 is 22.8 Å². The van der Waals surface area contributed by atoms with Crippen molar-refractivity contribution in [1.82, 2.24) is 9.66 Å². The van der Waals surface area contributed by atoms with Gasteiger partial charge < -0.3 is 0 Å². The van der Waals surface area contributed by atoms with Crippen LogP contribution in [0.25, 0.3) is 11.0 Å². The Morgan fingerprint density at radius 1 is 1.04 bits per heavy atom. The van der Waals surface area contributed by atoms with Crippen LogP contribution in [-0.4, -0.2) is 21.5 Å². The van der Waals surface area contributed by atoms with E-state index in [2.05, 4.69) is 18.8 Å². The van der Waals surface area contributed by atoms with Crippen molar-refractivity contribution in [2.24, 2.45) is 0 Å². The maximum atomic E-state index is 12.9. The minimum Gasteiger partial charge on any atom is -0.273 e. The second-order valence-electron chi connectivity index (χ2n) is 6.87. The minimum absolute atomic E-state index is 0.238. The van der Waals surface area contributed by atoms with E-state index in [1.54, 1.807) is 25.3 Å². The number of carbonyl (C=O) groups excluding carboxylic acids is 2. The van der Waals surface area contributed by atoms with Crippen molar-refractivity contribution in [2.45, 2.75) is 72.1 Å². The van der Waals surface area contributed by atoms with Crippen LogP contribution in [-0.2, 0) is 9.59 Å². The van der Waals surface area contributed by atoms with Crippen molar-refractivity contribution in [1.29, 1.82) is 0 Å². The fraction of sp³-hybridized carbons (Fsp3) is 0.524. The molecule has 2 aromatic heterocycles. The van der Waals surface area contributed by atoms with Crippen molar-refractivity contribution in [3.05, 3.63) is 40.3 Å². The Bertz CT molecular complexity index is 835. The Morgan fingerprint density at radius 2 is 1.63 bits per heavy atom. The molecule has 0 N–H and O–H groups in total. The first-order chi connectivity index (χ1) is 13.0. The Labute approximate surface area is 160 Å². The largest absolute Gasteiger partial charge is 0.274 e. The predicted molar refractivity (Wildman–Crippen MR) is 107 cm³/mol. The lowest BCUT2D eigenvalue weighted by molar-refractivity contribution is -0.129. The summed E-state index contributed by atoms with van der Waals surface area (Å²) < 4.78 is 1.17. The lowest BCUT2D eigenvalue weighted by atomic mass is 10.1. The molecule has 0 fully saturated rings. The third-order valence-corrected chi connectivity index (χ3v) is 4.58.